The van der Waals surface area contributed by atoms with E-state index >= 15 is 0 Å². The number of rotatable bonds is 6. The Morgan fingerprint density at radius 2 is 1.69 bits per heavy atom. The van der Waals surface area contributed by atoms with Crippen molar-refractivity contribution in [3.8, 4) is 5.75 Å². The molecule has 0 radical (unpaired) electrons. The molecule has 35 heavy (non-hydrogen) atoms. The summed E-state index contributed by atoms with van der Waals surface area (Å²) < 4.78 is 11.0. The van der Waals surface area contributed by atoms with Crippen molar-refractivity contribution in [3.63, 3.8) is 0 Å². The fourth-order valence-corrected chi connectivity index (χ4v) is 5.57. The van der Waals surface area contributed by atoms with E-state index in [0.29, 0.717) is 19.1 Å². The van der Waals surface area contributed by atoms with Gasteiger partial charge in [-0.3, -0.25) is 9.78 Å². The lowest BCUT2D eigenvalue weighted by molar-refractivity contribution is -0.142. The minimum absolute atomic E-state index is 0.246. The van der Waals surface area contributed by atoms with Crippen LogP contribution in [0.2, 0.25) is 0 Å². The summed E-state index contributed by atoms with van der Waals surface area (Å²) in [7, 11) is 1.67. The van der Waals surface area contributed by atoms with Crippen LogP contribution in [-0.2, 0) is 21.4 Å². The molecule has 5 rings (SSSR count). The maximum atomic E-state index is 14.0. The summed E-state index contributed by atoms with van der Waals surface area (Å²) >= 11 is 0. The normalized spacial score (nSPS) is 18.3. The van der Waals surface area contributed by atoms with Crippen molar-refractivity contribution < 1.29 is 14.3 Å². The topological polar surface area (TPSA) is 51.7 Å². The molecule has 0 unspecified atom stereocenters. The Balaban J connectivity index is 1.27. The van der Waals surface area contributed by atoms with Crippen LogP contribution >= 0.6 is 0 Å². The van der Waals surface area contributed by atoms with Crippen molar-refractivity contribution in [1.82, 2.24) is 9.88 Å². The van der Waals surface area contributed by atoms with Gasteiger partial charge in [-0.15, -0.1) is 0 Å². The van der Waals surface area contributed by atoms with Crippen LogP contribution in [0, 0.1) is 0 Å². The highest BCUT2D eigenvalue weighted by Crippen LogP contribution is 2.39. The van der Waals surface area contributed by atoms with E-state index in [9.17, 15) is 4.79 Å². The van der Waals surface area contributed by atoms with Crippen LogP contribution in [0.4, 0.5) is 0 Å². The minimum atomic E-state index is -0.509. The molecule has 0 aliphatic carbocycles. The van der Waals surface area contributed by atoms with Gasteiger partial charge in [0, 0.05) is 50.0 Å². The summed E-state index contributed by atoms with van der Waals surface area (Å²) in [5.74, 6) is 1.45. The van der Waals surface area contributed by atoms with Gasteiger partial charge in [0.2, 0.25) is 5.91 Å². The molecule has 1 amide bonds. The highest BCUT2D eigenvalue weighted by atomic mass is 16.5. The number of amides is 1. The zero-order chi connectivity index (χ0) is 24.1. The fraction of sp³-hybridized carbons (Fsp3) is 0.400. The smallest absolute Gasteiger partial charge is 0.233 e. The second kappa shape index (κ2) is 10.6. The van der Waals surface area contributed by atoms with Gasteiger partial charge in [-0.25, -0.2) is 0 Å². The lowest BCUT2D eigenvalue weighted by Crippen LogP contribution is -2.51. The van der Waals surface area contributed by atoms with Crippen molar-refractivity contribution >= 4 is 5.91 Å². The Labute approximate surface area is 208 Å². The number of hydrogen-bond donors (Lipinski definition) is 0. The number of aromatic nitrogens is 1. The maximum Gasteiger partial charge on any atom is 0.233 e. The zero-order valence-corrected chi connectivity index (χ0v) is 20.5. The van der Waals surface area contributed by atoms with Gasteiger partial charge < -0.3 is 14.4 Å². The third-order valence-electron chi connectivity index (χ3n) is 7.66. The van der Waals surface area contributed by atoms with Gasteiger partial charge in [-0.2, -0.15) is 0 Å². The molecule has 182 valence electrons. The van der Waals surface area contributed by atoms with Crippen LogP contribution in [0.3, 0.4) is 0 Å². The molecule has 0 atom stereocenters. The first kappa shape index (κ1) is 23.6. The second-order valence-corrected chi connectivity index (χ2v) is 9.71. The first-order valence-electron chi connectivity index (χ1n) is 12.7. The van der Waals surface area contributed by atoms with Gasteiger partial charge in [0.25, 0.3) is 0 Å². The summed E-state index contributed by atoms with van der Waals surface area (Å²) in [6, 6.07) is 24.9. The first-order chi connectivity index (χ1) is 17.2. The van der Waals surface area contributed by atoms with Gasteiger partial charge in [0.05, 0.1) is 12.5 Å². The minimum Gasteiger partial charge on any atom is -0.497 e. The number of carbonyl (C=O) groups excluding carboxylic acids is 1. The molecule has 2 aromatic carbocycles. The number of hydrogen-bond acceptors (Lipinski definition) is 4. The van der Waals surface area contributed by atoms with Crippen LogP contribution in [0.1, 0.15) is 54.1 Å². The Kier molecular flexibility index (Phi) is 7.14. The molecular weight excluding hydrogens is 436 g/mol. The third kappa shape index (κ3) is 5.10. The average molecular weight is 471 g/mol. The van der Waals surface area contributed by atoms with E-state index in [1.807, 2.05) is 18.2 Å². The SMILES string of the molecule is COc1ccc(C2(C(=O)N3CCC(c4cccc(Cc5ccccc5)n4)CC3)CCOCC2)cc1. The van der Waals surface area contributed by atoms with Crippen LogP contribution < -0.4 is 4.74 Å². The molecule has 2 fully saturated rings. The van der Waals surface area contributed by atoms with Crippen LogP contribution in [-0.4, -0.2) is 49.2 Å². The van der Waals surface area contributed by atoms with Crippen molar-refractivity contribution in [2.75, 3.05) is 33.4 Å². The lowest BCUT2D eigenvalue weighted by atomic mass is 9.72. The van der Waals surface area contributed by atoms with E-state index in [-0.39, 0.29) is 5.91 Å². The molecule has 3 aromatic rings. The number of piperidine rings is 1. The standard InChI is InChI=1S/C30H34N2O3/c1-34-27-12-10-25(11-13-27)30(16-20-35-21-17-30)29(33)32-18-14-24(15-19-32)28-9-5-8-26(31-28)22-23-6-3-2-4-7-23/h2-13,24H,14-22H2,1H3. The molecule has 5 nitrogen and oxygen atoms in total. The molecule has 2 aliphatic heterocycles. The summed E-state index contributed by atoms with van der Waals surface area (Å²) in [5, 5.41) is 0. The predicted molar refractivity (Wildman–Crippen MR) is 137 cm³/mol. The Hall–Kier alpha value is -3.18. The van der Waals surface area contributed by atoms with Gasteiger partial charge in [0.1, 0.15) is 5.75 Å². The Morgan fingerprint density at radius 3 is 2.37 bits per heavy atom. The quantitative estimate of drug-likeness (QED) is 0.501. The monoisotopic (exact) mass is 470 g/mol. The van der Waals surface area contributed by atoms with Gasteiger partial charge in [-0.1, -0.05) is 48.5 Å². The maximum absolute atomic E-state index is 14.0. The number of benzene rings is 2. The van der Waals surface area contributed by atoms with Gasteiger partial charge in [0.15, 0.2) is 0 Å². The largest absolute Gasteiger partial charge is 0.497 e. The van der Waals surface area contributed by atoms with E-state index in [2.05, 4.69) is 59.5 Å². The fourth-order valence-electron chi connectivity index (χ4n) is 5.57. The molecule has 0 N–H and O–H groups in total. The molecule has 2 aliphatic rings. The molecule has 2 saturated heterocycles. The summed E-state index contributed by atoms with van der Waals surface area (Å²) in [6.07, 6.45) is 4.19. The highest BCUT2D eigenvalue weighted by molar-refractivity contribution is 5.88. The molecular formula is C30H34N2O3. The van der Waals surface area contributed by atoms with E-state index in [1.54, 1.807) is 7.11 Å². The number of ether oxygens (including phenoxy) is 2. The average Bonchev–Trinajstić information content (AvgIpc) is 2.94. The van der Waals surface area contributed by atoms with Crippen LogP contribution in [0.15, 0.2) is 72.8 Å². The highest BCUT2D eigenvalue weighted by Gasteiger charge is 2.44. The lowest BCUT2D eigenvalue weighted by Gasteiger charge is -2.42. The first-order valence-corrected chi connectivity index (χ1v) is 12.7. The molecule has 0 spiro atoms. The zero-order valence-electron chi connectivity index (χ0n) is 20.5. The van der Waals surface area contributed by atoms with Crippen molar-refractivity contribution in [2.45, 2.75) is 43.4 Å². The number of methoxy groups -OCH3 is 1. The third-order valence-corrected chi connectivity index (χ3v) is 7.66. The number of carbonyl (C=O) groups is 1. The van der Waals surface area contributed by atoms with E-state index in [1.165, 1.54) is 5.56 Å². The Bertz CT molecular complexity index is 1120. The van der Waals surface area contributed by atoms with Crippen molar-refractivity contribution in [1.29, 1.82) is 0 Å². The van der Waals surface area contributed by atoms with Gasteiger partial charge in [-0.05, 0) is 61.1 Å². The van der Waals surface area contributed by atoms with Crippen molar-refractivity contribution in [2.24, 2.45) is 0 Å². The van der Waals surface area contributed by atoms with E-state index < -0.39 is 5.41 Å². The summed E-state index contributed by atoms with van der Waals surface area (Å²) in [5.41, 5.74) is 4.10. The second-order valence-electron chi connectivity index (χ2n) is 9.71. The van der Waals surface area contributed by atoms with Crippen LogP contribution in [0.25, 0.3) is 0 Å². The molecule has 1 aromatic heterocycles. The molecule has 3 heterocycles. The number of pyridine rings is 1. The number of nitrogens with zero attached hydrogens (tertiary/aromatic N) is 2. The van der Waals surface area contributed by atoms with Crippen molar-refractivity contribution in [3.05, 3.63) is 95.3 Å². The Morgan fingerprint density at radius 1 is 0.971 bits per heavy atom. The summed E-state index contributed by atoms with van der Waals surface area (Å²) in [4.78, 5) is 21.0. The van der Waals surface area contributed by atoms with E-state index in [4.69, 9.17) is 14.5 Å². The molecule has 0 saturated carbocycles. The van der Waals surface area contributed by atoms with E-state index in [0.717, 1.165) is 67.9 Å². The van der Waals surface area contributed by atoms with Gasteiger partial charge >= 0.3 is 0 Å². The van der Waals surface area contributed by atoms with Crippen LogP contribution in [0.5, 0.6) is 5.75 Å². The number of likely N-dealkylation sites (tertiary alicyclic amines) is 1. The molecule has 0 bridgehead atoms. The predicted octanol–water partition coefficient (Wildman–Crippen LogP) is 5.14. The summed E-state index contributed by atoms with van der Waals surface area (Å²) in [6.45, 7) is 2.78. The molecule has 5 heteroatoms.